The highest BCUT2D eigenvalue weighted by molar-refractivity contribution is 5.83. The number of fused-ring (bicyclic) bond motifs is 3. The van der Waals surface area contributed by atoms with Gasteiger partial charge in [0.25, 0.3) is 0 Å². The van der Waals surface area contributed by atoms with E-state index in [1.165, 1.54) is 16.8 Å². The number of carbonyl (C=O) groups is 1. The number of amides is 1. The van der Waals surface area contributed by atoms with Gasteiger partial charge in [0.15, 0.2) is 0 Å². The molecule has 1 amide bonds. The number of hydrogen-bond donors (Lipinski definition) is 1. The molecule has 0 bridgehead atoms. The van der Waals surface area contributed by atoms with Crippen molar-refractivity contribution in [2.45, 2.75) is 45.2 Å². The lowest BCUT2D eigenvalue weighted by Gasteiger charge is -2.48. The van der Waals surface area contributed by atoms with Crippen LogP contribution in [0, 0.1) is 6.92 Å². The van der Waals surface area contributed by atoms with Crippen molar-refractivity contribution in [3.05, 3.63) is 29.3 Å². The molecule has 3 rings (SSSR count). The van der Waals surface area contributed by atoms with Gasteiger partial charge in [-0.15, -0.1) is 0 Å². The van der Waals surface area contributed by atoms with Crippen LogP contribution in [0.25, 0.3) is 0 Å². The number of aryl methyl sites for hydroxylation is 1. The summed E-state index contributed by atoms with van der Waals surface area (Å²) in [5.41, 5.74) is 3.50. The van der Waals surface area contributed by atoms with Crippen LogP contribution < -0.4 is 10.2 Å². The normalized spacial score (nSPS) is 28.7. The fourth-order valence-electron chi connectivity index (χ4n) is 3.34. The van der Waals surface area contributed by atoms with Crippen molar-refractivity contribution < 1.29 is 4.79 Å². The molecular weight excluding hydrogens is 224 g/mol. The first-order valence-corrected chi connectivity index (χ1v) is 6.56. The zero-order valence-corrected chi connectivity index (χ0v) is 11.5. The Balaban J connectivity index is 2.21. The molecule has 3 nitrogen and oxygen atoms in total. The number of anilines is 1. The SMILES string of the molecule is Cc1ccc2c(c1)C(C)(C)[C@]1(C)NC(=O)CCN21. The zero-order valence-electron chi connectivity index (χ0n) is 11.5. The van der Waals surface area contributed by atoms with E-state index in [4.69, 9.17) is 0 Å². The third kappa shape index (κ3) is 1.22. The lowest BCUT2D eigenvalue weighted by Crippen LogP contribution is -2.68. The summed E-state index contributed by atoms with van der Waals surface area (Å²) >= 11 is 0. The first-order valence-electron chi connectivity index (χ1n) is 6.56. The highest BCUT2D eigenvalue weighted by Gasteiger charge is 2.56. The Bertz CT molecular complexity index is 535. The Morgan fingerprint density at radius 2 is 2.00 bits per heavy atom. The van der Waals surface area contributed by atoms with E-state index in [1.54, 1.807) is 0 Å². The summed E-state index contributed by atoms with van der Waals surface area (Å²) in [4.78, 5) is 14.1. The number of rotatable bonds is 0. The molecular formula is C15H20N2O. The van der Waals surface area contributed by atoms with Crippen LogP contribution in [0.1, 0.15) is 38.3 Å². The Morgan fingerprint density at radius 3 is 2.72 bits per heavy atom. The van der Waals surface area contributed by atoms with Gasteiger partial charge in [-0.2, -0.15) is 0 Å². The molecule has 0 spiro atoms. The number of nitrogens with zero attached hydrogens (tertiary/aromatic N) is 1. The van der Waals surface area contributed by atoms with Crippen molar-refractivity contribution in [2.24, 2.45) is 0 Å². The van der Waals surface area contributed by atoms with E-state index in [0.717, 1.165) is 6.54 Å². The minimum atomic E-state index is -0.307. The van der Waals surface area contributed by atoms with Crippen molar-refractivity contribution in [1.29, 1.82) is 0 Å². The fraction of sp³-hybridized carbons (Fsp3) is 0.533. The summed E-state index contributed by atoms with van der Waals surface area (Å²) in [6, 6.07) is 6.59. The first-order chi connectivity index (χ1) is 8.36. The molecule has 1 saturated heterocycles. The van der Waals surface area contributed by atoms with Crippen molar-refractivity contribution >= 4 is 11.6 Å². The minimum Gasteiger partial charge on any atom is -0.347 e. The largest absolute Gasteiger partial charge is 0.347 e. The molecule has 1 aromatic carbocycles. The smallest absolute Gasteiger partial charge is 0.223 e. The van der Waals surface area contributed by atoms with Gasteiger partial charge >= 0.3 is 0 Å². The van der Waals surface area contributed by atoms with Crippen LogP contribution in [-0.2, 0) is 10.2 Å². The van der Waals surface area contributed by atoms with Gasteiger partial charge in [0.1, 0.15) is 5.66 Å². The van der Waals surface area contributed by atoms with E-state index in [0.29, 0.717) is 6.42 Å². The van der Waals surface area contributed by atoms with Gasteiger partial charge in [0.05, 0.1) is 0 Å². The molecule has 2 aliphatic rings. The number of hydrogen-bond acceptors (Lipinski definition) is 2. The van der Waals surface area contributed by atoms with E-state index in [9.17, 15) is 4.79 Å². The van der Waals surface area contributed by atoms with E-state index in [2.05, 4.69) is 56.1 Å². The van der Waals surface area contributed by atoms with E-state index >= 15 is 0 Å². The monoisotopic (exact) mass is 244 g/mol. The molecule has 2 aliphatic heterocycles. The summed E-state index contributed by atoms with van der Waals surface area (Å²) in [5, 5.41) is 3.20. The van der Waals surface area contributed by atoms with Gasteiger partial charge in [-0.3, -0.25) is 4.79 Å². The molecule has 2 heterocycles. The highest BCUT2D eigenvalue weighted by Crippen LogP contribution is 2.51. The van der Waals surface area contributed by atoms with Crippen molar-refractivity contribution in [3.8, 4) is 0 Å². The summed E-state index contributed by atoms with van der Waals surface area (Å²) in [6.07, 6.45) is 0.582. The molecule has 1 fully saturated rings. The quantitative estimate of drug-likeness (QED) is 0.759. The van der Waals surface area contributed by atoms with E-state index < -0.39 is 0 Å². The Kier molecular flexibility index (Phi) is 2.11. The second-order valence-corrected chi connectivity index (χ2v) is 6.17. The van der Waals surface area contributed by atoms with Gasteiger partial charge in [0, 0.05) is 24.1 Å². The molecule has 3 heteroatoms. The summed E-state index contributed by atoms with van der Waals surface area (Å²) in [5.74, 6) is 0.159. The maximum Gasteiger partial charge on any atom is 0.223 e. The van der Waals surface area contributed by atoms with Gasteiger partial charge in [0.2, 0.25) is 5.91 Å². The average molecular weight is 244 g/mol. The molecule has 0 aromatic heterocycles. The van der Waals surface area contributed by atoms with Crippen LogP contribution in [0.3, 0.4) is 0 Å². The number of benzene rings is 1. The lowest BCUT2D eigenvalue weighted by molar-refractivity contribution is -0.125. The zero-order chi connectivity index (χ0) is 13.1. The summed E-state index contributed by atoms with van der Waals surface area (Å²) in [7, 11) is 0. The Morgan fingerprint density at radius 1 is 1.28 bits per heavy atom. The summed E-state index contributed by atoms with van der Waals surface area (Å²) < 4.78 is 0. The summed E-state index contributed by atoms with van der Waals surface area (Å²) in [6.45, 7) is 9.50. The van der Waals surface area contributed by atoms with Gasteiger partial charge in [-0.25, -0.2) is 0 Å². The lowest BCUT2D eigenvalue weighted by atomic mass is 9.75. The van der Waals surface area contributed by atoms with Crippen LogP contribution in [0.5, 0.6) is 0 Å². The third-order valence-electron chi connectivity index (χ3n) is 4.82. The average Bonchev–Trinajstić information content (AvgIpc) is 2.45. The molecule has 96 valence electrons. The molecule has 1 N–H and O–H groups in total. The van der Waals surface area contributed by atoms with Gasteiger partial charge in [-0.05, 0) is 25.5 Å². The molecule has 0 unspecified atom stereocenters. The van der Waals surface area contributed by atoms with Crippen LogP contribution in [0.15, 0.2) is 18.2 Å². The molecule has 0 aliphatic carbocycles. The topological polar surface area (TPSA) is 32.3 Å². The maximum atomic E-state index is 11.8. The number of carbonyl (C=O) groups excluding carboxylic acids is 1. The number of nitrogens with one attached hydrogen (secondary N) is 1. The van der Waals surface area contributed by atoms with Crippen LogP contribution >= 0.6 is 0 Å². The van der Waals surface area contributed by atoms with Crippen LogP contribution in [-0.4, -0.2) is 18.1 Å². The van der Waals surface area contributed by atoms with Crippen molar-refractivity contribution in [1.82, 2.24) is 5.32 Å². The molecule has 1 atom stereocenters. The standard InChI is InChI=1S/C15H20N2O/c1-10-5-6-12-11(9-10)14(2,3)15(4)16-13(18)7-8-17(12)15/h5-6,9H,7-8H2,1-4H3,(H,16,18)/t15-/m1/s1. The van der Waals surface area contributed by atoms with E-state index in [-0.39, 0.29) is 17.0 Å². The second kappa shape index (κ2) is 3.28. The third-order valence-corrected chi connectivity index (χ3v) is 4.82. The van der Waals surface area contributed by atoms with Gasteiger partial charge in [-0.1, -0.05) is 31.5 Å². The van der Waals surface area contributed by atoms with E-state index in [1.807, 2.05) is 0 Å². The maximum absolute atomic E-state index is 11.8. The molecule has 0 saturated carbocycles. The Hall–Kier alpha value is -1.51. The van der Waals surface area contributed by atoms with Crippen LogP contribution in [0.4, 0.5) is 5.69 Å². The fourth-order valence-corrected chi connectivity index (χ4v) is 3.34. The minimum absolute atomic E-state index is 0.0789. The molecule has 0 radical (unpaired) electrons. The molecule has 1 aromatic rings. The van der Waals surface area contributed by atoms with Crippen molar-refractivity contribution in [2.75, 3.05) is 11.4 Å². The van der Waals surface area contributed by atoms with Crippen LogP contribution in [0.2, 0.25) is 0 Å². The first kappa shape index (κ1) is 11.6. The van der Waals surface area contributed by atoms with Crippen molar-refractivity contribution in [3.63, 3.8) is 0 Å². The molecule has 18 heavy (non-hydrogen) atoms. The predicted octanol–water partition coefficient (Wildman–Crippen LogP) is 2.33. The highest BCUT2D eigenvalue weighted by atomic mass is 16.2. The Labute approximate surface area is 108 Å². The second-order valence-electron chi connectivity index (χ2n) is 6.17. The van der Waals surface area contributed by atoms with Gasteiger partial charge < -0.3 is 10.2 Å². The predicted molar refractivity (Wildman–Crippen MR) is 72.7 cm³/mol.